The fourth-order valence-electron chi connectivity index (χ4n) is 2.02. The zero-order valence-corrected chi connectivity index (χ0v) is 12.6. The molecule has 2 aromatic rings. The molecule has 2 N–H and O–H groups in total. The Kier molecular flexibility index (Phi) is 5.32. The predicted molar refractivity (Wildman–Crippen MR) is 87.1 cm³/mol. The monoisotopic (exact) mass is 322 g/mol. The molecule has 0 amide bonds. The number of rotatable bonds is 6. The molecular weight excluding hydrogens is 308 g/mol. The molecule has 2 rings (SSSR count). The standard InChI is InChI=1S/C18H14N2O4/c19-11-13-3-5-14(6-4-13)12-20-9-1-2-15(20)7-8-16(21)10-17(22)18(23)24/h1-10,22H,12H2,(H,23,24)/b8-7+,17-10-. The lowest BCUT2D eigenvalue weighted by atomic mass is 10.1. The number of aliphatic hydroxyl groups excluding tert-OH is 1. The number of carboxylic acid groups (broad SMARTS) is 1. The van der Waals surface area contributed by atoms with Crippen molar-refractivity contribution in [3.63, 3.8) is 0 Å². The number of benzene rings is 1. The number of ketones is 1. The first-order valence-corrected chi connectivity index (χ1v) is 7.00. The maximum Gasteiger partial charge on any atom is 0.371 e. The van der Waals surface area contributed by atoms with Crippen LogP contribution < -0.4 is 0 Å². The van der Waals surface area contributed by atoms with E-state index in [1.165, 1.54) is 12.2 Å². The van der Waals surface area contributed by atoms with Crippen molar-refractivity contribution in [2.24, 2.45) is 0 Å². The van der Waals surface area contributed by atoms with Crippen molar-refractivity contribution in [2.75, 3.05) is 0 Å². The number of nitrogens with zero attached hydrogens (tertiary/aromatic N) is 2. The number of aromatic nitrogens is 1. The average Bonchev–Trinajstić information content (AvgIpc) is 3.00. The average molecular weight is 322 g/mol. The number of carbonyl (C=O) groups excluding carboxylic acids is 1. The van der Waals surface area contributed by atoms with Gasteiger partial charge in [-0.2, -0.15) is 5.26 Å². The summed E-state index contributed by atoms with van der Waals surface area (Å²) in [5.41, 5.74) is 2.33. The molecule has 6 heteroatoms. The molecule has 1 aromatic heterocycles. The van der Waals surface area contributed by atoms with Crippen molar-refractivity contribution in [3.05, 3.63) is 77.3 Å². The summed E-state index contributed by atoms with van der Waals surface area (Å²) in [6.45, 7) is 0.558. The fraction of sp³-hybridized carbons (Fsp3) is 0.0556. The summed E-state index contributed by atoms with van der Waals surface area (Å²) in [5, 5.41) is 26.3. The zero-order valence-electron chi connectivity index (χ0n) is 12.6. The van der Waals surface area contributed by atoms with E-state index in [1.807, 2.05) is 29.0 Å². The van der Waals surface area contributed by atoms with Gasteiger partial charge < -0.3 is 14.8 Å². The van der Waals surface area contributed by atoms with Crippen molar-refractivity contribution in [1.29, 1.82) is 5.26 Å². The van der Waals surface area contributed by atoms with Gasteiger partial charge in [-0.1, -0.05) is 12.1 Å². The molecule has 0 aliphatic carbocycles. The van der Waals surface area contributed by atoms with E-state index >= 15 is 0 Å². The molecule has 120 valence electrons. The second-order valence-electron chi connectivity index (χ2n) is 4.94. The maximum absolute atomic E-state index is 11.6. The molecule has 0 atom stereocenters. The molecule has 0 aliphatic heterocycles. The van der Waals surface area contributed by atoms with Crippen molar-refractivity contribution in [3.8, 4) is 6.07 Å². The molecule has 0 saturated heterocycles. The minimum Gasteiger partial charge on any atom is -0.502 e. The summed E-state index contributed by atoms with van der Waals surface area (Å²) in [7, 11) is 0. The number of aliphatic carboxylic acids is 1. The van der Waals surface area contributed by atoms with Crippen molar-refractivity contribution >= 4 is 17.8 Å². The largest absolute Gasteiger partial charge is 0.502 e. The van der Waals surface area contributed by atoms with E-state index in [-0.39, 0.29) is 0 Å². The lowest BCUT2D eigenvalue weighted by Gasteiger charge is -2.06. The van der Waals surface area contributed by atoms with E-state index in [0.29, 0.717) is 18.2 Å². The van der Waals surface area contributed by atoms with Gasteiger partial charge in [0.15, 0.2) is 5.78 Å². The van der Waals surface area contributed by atoms with Crippen LogP contribution >= 0.6 is 0 Å². The van der Waals surface area contributed by atoms with E-state index in [4.69, 9.17) is 15.5 Å². The highest BCUT2D eigenvalue weighted by Gasteiger charge is 2.05. The van der Waals surface area contributed by atoms with Gasteiger partial charge in [0, 0.05) is 24.5 Å². The molecule has 0 radical (unpaired) electrons. The van der Waals surface area contributed by atoms with Crippen molar-refractivity contribution in [1.82, 2.24) is 4.57 Å². The summed E-state index contributed by atoms with van der Waals surface area (Å²) in [5.74, 6) is -3.18. The van der Waals surface area contributed by atoms with Gasteiger partial charge >= 0.3 is 5.97 Å². The Labute approximate surface area is 138 Å². The number of hydrogen-bond acceptors (Lipinski definition) is 4. The number of nitriles is 1. The summed E-state index contributed by atoms with van der Waals surface area (Å²) >= 11 is 0. The van der Waals surface area contributed by atoms with Gasteiger partial charge in [-0.25, -0.2) is 4.79 Å². The highest BCUT2D eigenvalue weighted by Crippen LogP contribution is 2.11. The Bertz CT molecular complexity index is 852. The van der Waals surface area contributed by atoms with E-state index in [2.05, 4.69) is 6.07 Å². The third kappa shape index (κ3) is 4.45. The van der Waals surface area contributed by atoms with Gasteiger partial charge in [-0.05, 0) is 42.0 Å². The molecule has 1 heterocycles. The zero-order chi connectivity index (χ0) is 17.5. The Balaban J connectivity index is 2.11. The van der Waals surface area contributed by atoms with Crippen LogP contribution in [-0.4, -0.2) is 26.5 Å². The van der Waals surface area contributed by atoms with Crippen LogP contribution in [0.5, 0.6) is 0 Å². The third-order valence-corrected chi connectivity index (χ3v) is 3.22. The van der Waals surface area contributed by atoms with Crippen LogP contribution in [0.4, 0.5) is 0 Å². The minimum absolute atomic E-state index is 0.558. The SMILES string of the molecule is N#Cc1ccc(Cn2cccc2/C=C/C(=O)/C=C(\O)C(=O)O)cc1. The maximum atomic E-state index is 11.6. The topological polar surface area (TPSA) is 103 Å². The number of carbonyl (C=O) groups is 2. The van der Waals surface area contributed by atoms with Crippen LogP contribution in [0.3, 0.4) is 0 Å². The normalized spacial score (nSPS) is 11.4. The van der Waals surface area contributed by atoms with E-state index in [0.717, 1.165) is 11.3 Å². The Hall–Kier alpha value is -3.59. The molecule has 0 aliphatic rings. The highest BCUT2D eigenvalue weighted by molar-refractivity contribution is 6.05. The number of allylic oxidation sites excluding steroid dienone is 2. The van der Waals surface area contributed by atoms with Gasteiger partial charge in [-0.15, -0.1) is 0 Å². The molecule has 0 unspecified atom stereocenters. The quantitative estimate of drug-likeness (QED) is 0.628. The first-order valence-electron chi connectivity index (χ1n) is 7.00. The highest BCUT2D eigenvalue weighted by atomic mass is 16.4. The second kappa shape index (κ2) is 7.61. The first kappa shape index (κ1) is 16.8. The number of aliphatic hydroxyl groups is 1. The van der Waals surface area contributed by atoms with Crippen molar-refractivity contribution < 1.29 is 19.8 Å². The van der Waals surface area contributed by atoms with Gasteiger partial charge in [-0.3, -0.25) is 4.79 Å². The molecule has 6 nitrogen and oxygen atoms in total. The van der Waals surface area contributed by atoms with Gasteiger partial charge in [0.05, 0.1) is 11.6 Å². The van der Waals surface area contributed by atoms with Crippen LogP contribution in [-0.2, 0) is 16.1 Å². The predicted octanol–water partition coefficient (Wildman–Crippen LogP) is 2.52. The van der Waals surface area contributed by atoms with E-state index in [1.54, 1.807) is 18.2 Å². The molecular formula is C18H14N2O4. The van der Waals surface area contributed by atoms with Crippen LogP contribution in [0, 0.1) is 11.3 Å². The third-order valence-electron chi connectivity index (χ3n) is 3.22. The summed E-state index contributed by atoms with van der Waals surface area (Å²) in [4.78, 5) is 22.0. The molecule has 0 saturated carbocycles. The van der Waals surface area contributed by atoms with Crippen molar-refractivity contribution in [2.45, 2.75) is 6.54 Å². The summed E-state index contributed by atoms with van der Waals surface area (Å²) in [6.07, 6.45) is 5.21. The number of carboxylic acids is 1. The Morgan fingerprint density at radius 2 is 1.88 bits per heavy atom. The molecule has 0 spiro atoms. The van der Waals surface area contributed by atoms with Gasteiger partial charge in [0.2, 0.25) is 5.76 Å². The first-order chi connectivity index (χ1) is 11.5. The van der Waals surface area contributed by atoms with E-state index < -0.39 is 17.5 Å². The summed E-state index contributed by atoms with van der Waals surface area (Å²) < 4.78 is 1.89. The van der Waals surface area contributed by atoms with E-state index in [9.17, 15) is 9.59 Å². The molecule has 0 fully saturated rings. The van der Waals surface area contributed by atoms with Gasteiger partial charge in [0.25, 0.3) is 0 Å². The molecule has 0 bridgehead atoms. The van der Waals surface area contributed by atoms with Crippen LogP contribution in [0.25, 0.3) is 6.08 Å². The Morgan fingerprint density at radius 3 is 2.50 bits per heavy atom. The Morgan fingerprint density at radius 1 is 1.17 bits per heavy atom. The fourth-order valence-corrected chi connectivity index (χ4v) is 2.02. The molecule has 1 aromatic carbocycles. The number of hydrogen-bond donors (Lipinski definition) is 2. The second-order valence-corrected chi connectivity index (χ2v) is 4.94. The van der Waals surface area contributed by atoms with Crippen LogP contribution in [0.2, 0.25) is 0 Å². The lowest BCUT2D eigenvalue weighted by molar-refractivity contribution is -0.135. The van der Waals surface area contributed by atoms with Gasteiger partial charge in [0.1, 0.15) is 0 Å². The lowest BCUT2D eigenvalue weighted by Crippen LogP contribution is -2.02. The summed E-state index contributed by atoms with van der Waals surface area (Å²) in [6, 6.07) is 12.8. The van der Waals surface area contributed by atoms with Crippen LogP contribution in [0.15, 0.2) is 60.5 Å². The smallest absolute Gasteiger partial charge is 0.371 e. The van der Waals surface area contributed by atoms with Crippen LogP contribution in [0.1, 0.15) is 16.8 Å². The minimum atomic E-state index is -1.55. The molecule has 24 heavy (non-hydrogen) atoms.